The summed E-state index contributed by atoms with van der Waals surface area (Å²) in [4.78, 5) is 9.48. The molecule has 0 radical (unpaired) electrons. The molecule has 5 rings (SSSR count). The highest BCUT2D eigenvalue weighted by molar-refractivity contribution is 7.13. The zero-order valence-corrected chi connectivity index (χ0v) is 17.5. The van der Waals surface area contributed by atoms with Gasteiger partial charge in [0.05, 0.1) is 18.3 Å². The number of rotatable bonds is 4. The van der Waals surface area contributed by atoms with Gasteiger partial charge in [0.25, 0.3) is 0 Å². The Morgan fingerprint density at radius 3 is 2.76 bits per heavy atom. The predicted octanol–water partition coefficient (Wildman–Crippen LogP) is 4.98. The maximum absolute atomic E-state index is 6.14. The molecule has 1 atom stereocenters. The molecule has 29 heavy (non-hydrogen) atoms. The molecule has 0 saturated heterocycles. The standard InChI is InChI=1S/C21H18ClN5OS/c1-3-13-11-29-21-18(13)19(14-4-6-15(22)7-5-14)24-16(10-17-23-8-9-28-17)20-26-25-12(2)27(20)21/h4-9,11,16H,3,10H2,1-2H3/t16-/m0/s1. The van der Waals surface area contributed by atoms with Gasteiger partial charge in [0.2, 0.25) is 0 Å². The zero-order valence-electron chi connectivity index (χ0n) is 16.0. The van der Waals surface area contributed by atoms with E-state index >= 15 is 0 Å². The number of aryl methyl sites for hydroxylation is 2. The Morgan fingerprint density at radius 2 is 2.03 bits per heavy atom. The van der Waals surface area contributed by atoms with Crippen molar-refractivity contribution in [2.45, 2.75) is 32.7 Å². The van der Waals surface area contributed by atoms with E-state index in [9.17, 15) is 0 Å². The number of benzene rings is 1. The second-order valence-electron chi connectivity index (χ2n) is 6.87. The van der Waals surface area contributed by atoms with Gasteiger partial charge in [-0.05, 0) is 36.4 Å². The van der Waals surface area contributed by atoms with Gasteiger partial charge in [-0.2, -0.15) is 0 Å². The van der Waals surface area contributed by atoms with Gasteiger partial charge in [-0.1, -0.05) is 30.7 Å². The maximum atomic E-state index is 6.14. The number of hydrogen-bond acceptors (Lipinski definition) is 6. The van der Waals surface area contributed by atoms with Crippen molar-refractivity contribution >= 4 is 28.6 Å². The third-order valence-corrected chi connectivity index (χ3v) is 6.33. The zero-order chi connectivity index (χ0) is 20.0. The SMILES string of the molecule is CCc1csc2c1C(c1ccc(Cl)cc1)=N[C@@H](Cc1ncco1)c1nnc(C)n1-2. The normalized spacial score (nSPS) is 15.6. The van der Waals surface area contributed by atoms with Gasteiger partial charge in [-0.15, -0.1) is 21.5 Å². The Balaban J connectivity index is 1.76. The lowest BCUT2D eigenvalue weighted by Crippen LogP contribution is -2.09. The number of hydrogen-bond donors (Lipinski definition) is 0. The van der Waals surface area contributed by atoms with Gasteiger partial charge in [0, 0.05) is 16.1 Å². The van der Waals surface area contributed by atoms with E-state index in [1.807, 2.05) is 31.2 Å². The molecule has 6 nitrogen and oxygen atoms in total. The highest BCUT2D eigenvalue weighted by atomic mass is 35.5. The smallest absolute Gasteiger partial charge is 0.196 e. The number of aliphatic imine (C=N–C) groups is 1. The van der Waals surface area contributed by atoms with E-state index in [4.69, 9.17) is 21.0 Å². The van der Waals surface area contributed by atoms with E-state index in [1.165, 1.54) is 5.56 Å². The molecular formula is C21H18ClN5OS. The van der Waals surface area contributed by atoms with E-state index in [2.05, 4.69) is 32.1 Å². The molecule has 0 fully saturated rings. The van der Waals surface area contributed by atoms with E-state index < -0.39 is 0 Å². The second kappa shape index (κ2) is 7.24. The van der Waals surface area contributed by atoms with Gasteiger partial charge >= 0.3 is 0 Å². The molecule has 0 aliphatic carbocycles. The average molecular weight is 424 g/mol. The summed E-state index contributed by atoms with van der Waals surface area (Å²) in [7, 11) is 0. The first-order chi connectivity index (χ1) is 14.2. The quantitative estimate of drug-likeness (QED) is 0.464. The first-order valence-corrected chi connectivity index (χ1v) is 10.7. The first-order valence-electron chi connectivity index (χ1n) is 9.40. The molecule has 4 aromatic rings. The Hall–Kier alpha value is -2.77. The summed E-state index contributed by atoms with van der Waals surface area (Å²) < 4.78 is 7.63. The molecular weight excluding hydrogens is 406 g/mol. The minimum Gasteiger partial charge on any atom is -0.449 e. The third-order valence-electron chi connectivity index (χ3n) is 5.07. The first kappa shape index (κ1) is 18.3. The van der Waals surface area contributed by atoms with Crippen molar-refractivity contribution < 1.29 is 4.42 Å². The van der Waals surface area contributed by atoms with Crippen LogP contribution in [0.25, 0.3) is 5.00 Å². The van der Waals surface area contributed by atoms with E-state index in [0.717, 1.165) is 39.9 Å². The van der Waals surface area contributed by atoms with Gasteiger partial charge in [0.1, 0.15) is 23.1 Å². The van der Waals surface area contributed by atoms with E-state index in [0.29, 0.717) is 17.3 Å². The van der Waals surface area contributed by atoms with Crippen LogP contribution in [0.2, 0.25) is 5.02 Å². The van der Waals surface area contributed by atoms with Crippen LogP contribution in [-0.2, 0) is 12.8 Å². The number of nitrogens with zero attached hydrogens (tertiary/aromatic N) is 5. The Kier molecular flexibility index (Phi) is 4.56. The van der Waals surface area contributed by atoms with Crippen molar-refractivity contribution in [3.05, 3.63) is 81.4 Å². The third kappa shape index (κ3) is 3.10. The molecule has 0 N–H and O–H groups in total. The van der Waals surface area contributed by atoms with Crippen LogP contribution < -0.4 is 0 Å². The van der Waals surface area contributed by atoms with Gasteiger partial charge < -0.3 is 4.42 Å². The maximum Gasteiger partial charge on any atom is 0.196 e. The second-order valence-corrected chi connectivity index (χ2v) is 8.16. The fraction of sp³-hybridized carbons (Fsp3) is 0.238. The summed E-state index contributed by atoms with van der Waals surface area (Å²) in [5, 5.41) is 12.8. The average Bonchev–Trinajstić information content (AvgIpc) is 3.44. The molecule has 1 aliphatic rings. The van der Waals surface area contributed by atoms with Gasteiger partial charge in [-0.25, -0.2) is 4.98 Å². The molecule has 146 valence electrons. The van der Waals surface area contributed by atoms with Crippen LogP contribution in [0.3, 0.4) is 0 Å². The molecule has 0 bridgehead atoms. The number of fused-ring (bicyclic) bond motifs is 3. The van der Waals surface area contributed by atoms with Crippen molar-refractivity contribution in [3.8, 4) is 5.00 Å². The predicted molar refractivity (Wildman–Crippen MR) is 113 cm³/mol. The van der Waals surface area contributed by atoms with Crippen LogP contribution in [0.4, 0.5) is 0 Å². The molecule has 0 spiro atoms. The minimum absolute atomic E-state index is 0.259. The largest absolute Gasteiger partial charge is 0.449 e. The van der Waals surface area contributed by atoms with E-state index in [-0.39, 0.29) is 6.04 Å². The molecule has 4 heterocycles. The fourth-order valence-corrected chi connectivity index (χ4v) is 5.01. The molecule has 0 unspecified atom stereocenters. The molecule has 3 aromatic heterocycles. The topological polar surface area (TPSA) is 69.1 Å². The summed E-state index contributed by atoms with van der Waals surface area (Å²) >= 11 is 7.84. The molecule has 1 aliphatic heterocycles. The monoisotopic (exact) mass is 423 g/mol. The van der Waals surface area contributed by atoms with Gasteiger partial charge in [0.15, 0.2) is 11.7 Å². The fourth-order valence-electron chi connectivity index (χ4n) is 3.67. The van der Waals surface area contributed by atoms with Crippen molar-refractivity contribution in [1.29, 1.82) is 0 Å². The van der Waals surface area contributed by atoms with Crippen molar-refractivity contribution in [2.75, 3.05) is 0 Å². The molecule has 0 amide bonds. The molecule has 1 aromatic carbocycles. The van der Waals surface area contributed by atoms with Crippen molar-refractivity contribution in [2.24, 2.45) is 4.99 Å². The van der Waals surface area contributed by atoms with Crippen LogP contribution in [0.15, 0.2) is 51.5 Å². The van der Waals surface area contributed by atoms with Crippen LogP contribution in [-0.4, -0.2) is 25.5 Å². The highest BCUT2D eigenvalue weighted by Gasteiger charge is 2.31. The van der Waals surface area contributed by atoms with Gasteiger partial charge in [-0.3, -0.25) is 9.56 Å². The Labute approximate surface area is 176 Å². The lowest BCUT2D eigenvalue weighted by Gasteiger charge is -2.11. The van der Waals surface area contributed by atoms with Crippen LogP contribution >= 0.6 is 22.9 Å². The summed E-state index contributed by atoms with van der Waals surface area (Å²) in [5.74, 6) is 2.27. The molecule has 8 heteroatoms. The number of oxazole rings is 1. The van der Waals surface area contributed by atoms with Crippen LogP contribution in [0.5, 0.6) is 0 Å². The molecule has 0 saturated carbocycles. The van der Waals surface area contributed by atoms with Crippen molar-refractivity contribution in [1.82, 2.24) is 19.7 Å². The number of thiophene rings is 1. The van der Waals surface area contributed by atoms with Crippen molar-refractivity contribution in [3.63, 3.8) is 0 Å². The lowest BCUT2D eigenvalue weighted by atomic mass is 9.99. The number of aromatic nitrogens is 4. The summed E-state index contributed by atoms with van der Waals surface area (Å²) in [6, 6.07) is 7.57. The van der Waals surface area contributed by atoms with E-state index in [1.54, 1.807) is 23.8 Å². The lowest BCUT2D eigenvalue weighted by molar-refractivity contribution is 0.467. The van der Waals surface area contributed by atoms with Crippen LogP contribution in [0, 0.1) is 6.92 Å². The number of halogens is 1. The summed E-state index contributed by atoms with van der Waals surface area (Å²) in [5.41, 5.74) is 4.36. The van der Waals surface area contributed by atoms with Crippen LogP contribution in [0.1, 0.15) is 47.2 Å². The summed E-state index contributed by atoms with van der Waals surface area (Å²) in [6.07, 6.45) is 4.66. The minimum atomic E-state index is -0.259. The highest BCUT2D eigenvalue weighted by Crippen LogP contribution is 2.37. The summed E-state index contributed by atoms with van der Waals surface area (Å²) in [6.45, 7) is 4.14. The Morgan fingerprint density at radius 1 is 1.21 bits per heavy atom. The Bertz CT molecular complexity index is 1190.